The van der Waals surface area contributed by atoms with E-state index in [1.54, 1.807) is 6.08 Å². The van der Waals surface area contributed by atoms with E-state index in [4.69, 9.17) is 0 Å². The lowest BCUT2D eigenvalue weighted by Crippen LogP contribution is -2.39. The number of likely N-dealkylation sites (N-methyl/N-ethyl adjacent to an activating group) is 1. The van der Waals surface area contributed by atoms with Gasteiger partial charge in [0.15, 0.2) is 0 Å². The summed E-state index contributed by atoms with van der Waals surface area (Å²) in [5, 5.41) is 0. The van der Waals surface area contributed by atoms with Gasteiger partial charge in [-0.1, -0.05) is 19.4 Å². The van der Waals surface area contributed by atoms with Crippen LogP contribution in [0, 0.1) is 5.92 Å². The summed E-state index contributed by atoms with van der Waals surface area (Å²) in [6.07, 6.45) is 8.62. The number of rotatable bonds is 5. The molecule has 1 heterocycles. The van der Waals surface area contributed by atoms with Gasteiger partial charge in [0.1, 0.15) is 0 Å². The van der Waals surface area contributed by atoms with Crippen LogP contribution in [0.5, 0.6) is 0 Å². The summed E-state index contributed by atoms with van der Waals surface area (Å²) < 4.78 is 0. The smallest absolute Gasteiger partial charge is 0.246 e. The highest BCUT2D eigenvalue weighted by molar-refractivity contribution is 5.87. The Kier molecular flexibility index (Phi) is 6.27. The number of hydrogen-bond donors (Lipinski definition) is 0. The fraction of sp³-hybridized carbons (Fsp3) is 0.786. The van der Waals surface area contributed by atoms with Gasteiger partial charge in [-0.05, 0) is 39.3 Å². The van der Waals surface area contributed by atoms with Crippen molar-refractivity contribution in [1.82, 2.24) is 9.80 Å². The third kappa shape index (κ3) is 5.35. The maximum absolute atomic E-state index is 12.0. The van der Waals surface area contributed by atoms with Crippen LogP contribution in [0.2, 0.25) is 0 Å². The Hall–Kier alpha value is -0.830. The summed E-state index contributed by atoms with van der Waals surface area (Å²) in [4.78, 5) is 16.0. The van der Waals surface area contributed by atoms with Gasteiger partial charge in [-0.3, -0.25) is 4.79 Å². The molecule has 0 saturated carbocycles. The largest absolute Gasteiger partial charge is 0.339 e. The van der Waals surface area contributed by atoms with Gasteiger partial charge in [0.25, 0.3) is 0 Å². The van der Waals surface area contributed by atoms with Crippen molar-refractivity contribution < 1.29 is 4.79 Å². The molecule has 1 atom stereocenters. The average Bonchev–Trinajstić information content (AvgIpc) is 2.29. The van der Waals surface area contributed by atoms with Gasteiger partial charge >= 0.3 is 0 Å². The number of likely N-dealkylation sites (tertiary alicyclic amines) is 1. The van der Waals surface area contributed by atoms with Crippen LogP contribution < -0.4 is 0 Å². The summed E-state index contributed by atoms with van der Waals surface area (Å²) in [6.45, 7) is 4.94. The molecule has 0 aromatic rings. The molecule has 98 valence electrons. The monoisotopic (exact) mass is 238 g/mol. The highest BCUT2D eigenvalue weighted by Crippen LogP contribution is 2.20. The number of carbonyl (C=O) groups excluding carboxylic acids is 1. The van der Waals surface area contributed by atoms with Crippen LogP contribution in [0.25, 0.3) is 0 Å². The van der Waals surface area contributed by atoms with E-state index in [9.17, 15) is 4.79 Å². The van der Waals surface area contributed by atoms with Crippen molar-refractivity contribution in [2.45, 2.75) is 32.6 Å². The van der Waals surface area contributed by atoms with Crippen LogP contribution >= 0.6 is 0 Å². The van der Waals surface area contributed by atoms with E-state index >= 15 is 0 Å². The van der Waals surface area contributed by atoms with Crippen LogP contribution in [0.4, 0.5) is 0 Å². The van der Waals surface area contributed by atoms with Crippen molar-refractivity contribution in [2.75, 3.05) is 33.7 Å². The van der Waals surface area contributed by atoms with Crippen LogP contribution in [0.15, 0.2) is 12.2 Å². The molecule has 1 amide bonds. The lowest BCUT2D eigenvalue weighted by Gasteiger charge is -2.32. The van der Waals surface area contributed by atoms with Crippen molar-refractivity contribution in [3.63, 3.8) is 0 Å². The number of hydrogen-bond acceptors (Lipinski definition) is 2. The molecule has 17 heavy (non-hydrogen) atoms. The van der Waals surface area contributed by atoms with Crippen molar-refractivity contribution >= 4 is 5.91 Å². The minimum Gasteiger partial charge on any atom is -0.339 e. The van der Waals surface area contributed by atoms with Gasteiger partial charge in [0.05, 0.1) is 0 Å². The summed E-state index contributed by atoms with van der Waals surface area (Å²) in [5.74, 6) is 0.910. The Balaban J connectivity index is 2.38. The van der Waals surface area contributed by atoms with Crippen molar-refractivity contribution in [2.24, 2.45) is 5.92 Å². The minimum absolute atomic E-state index is 0.188. The second-order valence-corrected chi connectivity index (χ2v) is 5.25. The molecular formula is C14H26N2O. The third-order valence-corrected chi connectivity index (χ3v) is 3.26. The van der Waals surface area contributed by atoms with E-state index in [2.05, 4.69) is 11.8 Å². The first-order chi connectivity index (χ1) is 8.13. The molecule has 0 bridgehead atoms. The maximum atomic E-state index is 12.0. The summed E-state index contributed by atoms with van der Waals surface area (Å²) in [5.41, 5.74) is 0. The molecule has 0 radical (unpaired) electrons. The minimum atomic E-state index is 0.188. The lowest BCUT2D eigenvalue weighted by molar-refractivity contribution is -0.127. The van der Waals surface area contributed by atoms with Crippen molar-refractivity contribution in [3.05, 3.63) is 12.2 Å². The zero-order chi connectivity index (χ0) is 12.7. The Labute approximate surface area is 105 Å². The first-order valence-electron chi connectivity index (χ1n) is 6.73. The SMILES string of the molecule is CCC[C@@H]1CCCN(C(=O)/C=C/CN(C)C)C1. The predicted molar refractivity (Wildman–Crippen MR) is 71.9 cm³/mol. The number of carbonyl (C=O) groups is 1. The average molecular weight is 238 g/mol. The van der Waals surface area contributed by atoms with Gasteiger partial charge in [-0.2, -0.15) is 0 Å². The van der Waals surface area contributed by atoms with Crippen molar-refractivity contribution in [3.8, 4) is 0 Å². The second-order valence-electron chi connectivity index (χ2n) is 5.25. The van der Waals surface area contributed by atoms with E-state index in [0.717, 1.165) is 32.0 Å². The topological polar surface area (TPSA) is 23.6 Å². The molecule has 1 saturated heterocycles. The van der Waals surface area contributed by atoms with Crippen LogP contribution in [-0.4, -0.2) is 49.4 Å². The fourth-order valence-corrected chi connectivity index (χ4v) is 2.38. The molecule has 0 spiro atoms. The Morgan fingerprint density at radius 3 is 2.88 bits per heavy atom. The van der Waals surface area contributed by atoms with E-state index in [1.807, 2.05) is 25.1 Å². The first kappa shape index (κ1) is 14.2. The maximum Gasteiger partial charge on any atom is 0.246 e. The molecule has 1 rings (SSSR count). The van der Waals surface area contributed by atoms with E-state index in [-0.39, 0.29) is 5.91 Å². The molecular weight excluding hydrogens is 212 g/mol. The summed E-state index contributed by atoms with van der Waals surface area (Å²) >= 11 is 0. The fourth-order valence-electron chi connectivity index (χ4n) is 2.38. The van der Waals surface area contributed by atoms with E-state index in [0.29, 0.717) is 0 Å². The number of amides is 1. The number of piperidine rings is 1. The van der Waals surface area contributed by atoms with Crippen molar-refractivity contribution in [1.29, 1.82) is 0 Å². The van der Waals surface area contributed by atoms with Crippen LogP contribution in [-0.2, 0) is 4.79 Å². The Morgan fingerprint density at radius 1 is 1.47 bits per heavy atom. The molecule has 0 N–H and O–H groups in total. The van der Waals surface area contributed by atoms with E-state index in [1.165, 1.54) is 19.3 Å². The van der Waals surface area contributed by atoms with Crippen LogP contribution in [0.1, 0.15) is 32.6 Å². The molecule has 1 fully saturated rings. The van der Waals surface area contributed by atoms with Gasteiger partial charge in [0.2, 0.25) is 5.91 Å². The molecule has 1 aliphatic rings. The highest BCUT2D eigenvalue weighted by atomic mass is 16.2. The molecule has 3 nitrogen and oxygen atoms in total. The predicted octanol–water partition coefficient (Wildman–Crippen LogP) is 2.14. The quantitative estimate of drug-likeness (QED) is 0.685. The highest BCUT2D eigenvalue weighted by Gasteiger charge is 2.21. The lowest BCUT2D eigenvalue weighted by atomic mass is 9.94. The second kappa shape index (κ2) is 7.49. The molecule has 1 aliphatic heterocycles. The molecule has 3 heteroatoms. The van der Waals surface area contributed by atoms with Gasteiger partial charge < -0.3 is 9.80 Å². The third-order valence-electron chi connectivity index (χ3n) is 3.26. The standard InChI is InChI=1S/C14H26N2O/c1-4-7-13-8-5-11-16(12-13)14(17)9-6-10-15(2)3/h6,9,13H,4-5,7-8,10-12H2,1-3H3/b9-6+/t13-/m1/s1. The van der Waals surface area contributed by atoms with E-state index < -0.39 is 0 Å². The normalized spacial score (nSPS) is 21.4. The zero-order valence-corrected chi connectivity index (χ0v) is 11.5. The Morgan fingerprint density at radius 2 is 2.24 bits per heavy atom. The van der Waals surface area contributed by atoms with Crippen LogP contribution in [0.3, 0.4) is 0 Å². The molecule has 0 unspecified atom stereocenters. The first-order valence-corrected chi connectivity index (χ1v) is 6.73. The Bertz CT molecular complexity index is 259. The molecule has 0 aliphatic carbocycles. The zero-order valence-electron chi connectivity index (χ0n) is 11.5. The molecule has 0 aromatic carbocycles. The molecule has 0 aromatic heterocycles. The van der Waals surface area contributed by atoms with Gasteiger partial charge in [-0.15, -0.1) is 0 Å². The summed E-state index contributed by atoms with van der Waals surface area (Å²) in [6, 6.07) is 0. The number of nitrogens with zero attached hydrogens (tertiary/aromatic N) is 2. The summed E-state index contributed by atoms with van der Waals surface area (Å²) in [7, 11) is 4.01. The van der Waals surface area contributed by atoms with Gasteiger partial charge in [-0.25, -0.2) is 0 Å². The van der Waals surface area contributed by atoms with Gasteiger partial charge in [0, 0.05) is 25.7 Å².